The fourth-order valence-corrected chi connectivity index (χ4v) is 4.57. The van der Waals surface area contributed by atoms with Crippen LogP contribution in [0.1, 0.15) is 48.9 Å². The van der Waals surface area contributed by atoms with Crippen LogP contribution >= 0.6 is 0 Å². The summed E-state index contributed by atoms with van der Waals surface area (Å²) in [6.07, 6.45) is 5.42. The number of hydrogen-bond donors (Lipinski definition) is 2. The Balaban J connectivity index is 2.23. The van der Waals surface area contributed by atoms with Crippen LogP contribution in [0.5, 0.6) is 5.75 Å². The summed E-state index contributed by atoms with van der Waals surface area (Å²) in [7, 11) is -2.15. The van der Waals surface area contributed by atoms with Gasteiger partial charge in [0, 0.05) is 19.6 Å². The molecule has 1 saturated heterocycles. The van der Waals surface area contributed by atoms with Gasteiger partial charge in [-0.3, -0.25) is 4.79 Å². The molecule has 1 heterocycles. The van der Waals surface area contributed by atoms with Crippen molar-refractivity contribution in [2.45, 2.75) is 43.4 Å². The van der Waals surface area contributed by atoms with Crippen LogP contribution in [-0.2, 0) is 10.0 Å². The fourth-order valence-electron chi connectivity index (χ4n) is 3.02. The Morgan fingerprint density at radius 3 is 2.50 bits per heavy atom. The van der Waals surface area contributed by atoms with Gasteiger partial charge in [0.1, 0.15) is 5.75 Å². The summed E-state index contributed by atoms with van der Waals surface area (Å²) in [6, 6.07) is 4.46. The van der Waals surface area contributed by atoms with Crippen molar-refractivity contribution in [3.05, 3.63) is 23.8 Å². The number of nitrogens with one attached hydrogen (secondary N) is 1. The van der Waals surface area contributed by atoms with Crippen LogP contribution in [0.15, 0.2) is 23.1 Å². The normalized spacial score (nSPS) is 16.1. The van der Waals surface area contributed by atoms with Gasteiger partial charge in [-0.15, -0.1) is 0 Å². The van der Waals surface area contributed by atoms with Gasteiger partial charge in [0.15, 0.2) is 0 Å². The molecule has 0 aliphatic carbocycles. The lowest BCUT2D eigenvalue weighted by Crippen LogP contribution is -2.32. The quantitative estimate of drug-likeness (QED) is 0.666. The van der Waals surface area contributed by atoms with E-state index >= 15 is 0 Å². The Morgan fingerprint density at radius 2 is 1.88 bits per heavy atom. The molecule has 0 spiro atoms. The van der Waals surface area contributed by atoms with Crippen LogP contribution in [0.3, 0.4) is 0 Å². The van der Waals surface area contributed by atoms with Crippen LogP contribution in [0, 0.1) is 0 Å². The lowest BCUT2D eigenvalue weighted by atomic mass is 10.2. The Labute approximate surface area is 155 Å². The first-order valence-electron chi connectivity index (χ1n) is 9.17. The van der Waals surface area contributed by atoms with E-state index in [9.17, 15) is 13.2 Å². The summed E-state index contributed by atoms with van der Waals surface area (Å²) in [5.74, 6) is 0.0166. The first-order valence-corrected chi connectivity index (χ1v) is 10.6. The fraction of sp³-hybridized carbons (Fsp3) is 0.611. The molecule has 0 atom stereocenters. The minimum absolute atomic E-state index is 0.132. The molecule has 1 aromatic rings. The van der Waals surface area contributed by atoms with Crippen molar-refractivity contribution in [2.24, 2.45) is 5.73 Å². The van der Waals surface area contributed by atoms with E-state index in [0.29, 0.717) is 31.9 Å². The molecule has 1 aliphatic rings. The van der Waals surface area contributed by atoms with E-state index in [1.54, 1.807) is 6.07 Å². The van der Waals surface area contributed by atoms with E-state index in [4.69, 9.17) is 10.5 Å². The molecule has 1 fully saturated rings. The number of carbonyl (C=O) groups excluding carboxylic acids is 1. The van der Waals surface area contributed by atoms with Crippen molar-refractivity contribution in [3.63, 3.8) is 0 Å². The maximum Gasteiger partial charge on any atom is 0.255 e. The Morgan fingerprint density at radius 1 is 1.19 bits per heavy atom. The molecule has 0 aromatic heterocycles. The molecule has 3 N–H and O–H groups in total. The summed E-state index contributed by atoms with van der Waals surface area (Å²) in [6.45, 7) is 2.11. The van der Waals surface area contributed by atoms with Gasteiger partial charge in [-0.05, 0) is 50.4 Å². The van der Waals surface area contributed by atoms with E-state index in [-0.39, 0.29) is 16.4 Å². The second-order valence-electron chi connectivity index (χ2n) is 6.43. The van der Waals surface area contributed by atoms with Gasteiger partial charge < -0.3 is 15.8 Å². The number of benzene rings is 1. The molecule has 146 valence electrons. The summed E-state index contributed by atoms with van der Waals surface area (Å²) in [5.41, 5.74) is 5.68. The molecule has 0 saturated carbocycles. The average molecular weight is 384 g/mol. The molecule has 1 amide bonds. The number of amides is 1. The van der Waals surface area contributed by atoms with Gasteiger partial charge in [0.2, 0.25) is 10.0 Å². The summed E-state index contributed by atoms with van der Waals surface area (Å²) in [5, 5.41) is 2.79. The molecule has 0 bridgehead atoms. The molecule has 8 heteroatoms. The lowest BCUT2D eigenvalue weighted by molar-refractivity contribution is 0.0949. The van der Waals surface area contributed by atoms with Gasteiger partial charge in [0.25, 0.3) is 5.91 Å². The van der Waals surface area contributed by atoms with Crippen LogP contribution in [0.25, 0.3) is 0 Å². The first kappa shape index (κ1) is 20.7. The highest BCUT2D eigenvalue weighted by molar-refractivity contribution is 7.89. The molecule has 0 unspecified atom stereocenters. The topological polar surface area (TPSA) is 102 Å². The van der Waals surface area contributed by atoms with Gasteiger partial charge >= 0.3 is 0 Å². The minimum Gasteiger partial charge on any atom is -0.496 e. The number of ether oxygens (including phenoxy) is 1. The van der Waals surface area contributed by atoms with Crippen molar-refractivity contribution in [3.8, 4) is 5.75 Å². The number of nitrogens with zero attached hydrogens (tertiary/aromatic N) is 1. The monoisotopic (exact) mass is 383 g/mol. The zero-order valence-electron chi connectivity index (χ0n) is 15.4. The van der Waals surface area contributed by atoms with Gasteiger partial charge in [-0.2, -0.15) is 4.31 Å². The molecule has 7 nitrogen and oxygen atoms in total. The highest BCUT2D eigenvalue weighted by Crippen LogP contribution is 2.26. The Hall–Kier alpha value is -1.64. The average Bonchev–Trinajstić information content (AvgIpc) is 2.94. The zero-order valence-corrected chi connectivity index (χ0v) is 16.2. The third-order valence-electron chi connectivity index (χ3n) is 4.53. The maximum atomic E-state index is 13.0. The largest absolute Gasteiger partial charge is 0.496 e. The highest BCUT2D eigenvalue weighted by Gasteiger charge is 2.27. The minimum atomic E-state index is -3.61. The number of methoxy groups -OCH3 is 1. The SMILES string of the molecule is COc1ccc(S(=O)(=O)N2CCCCCC2)cc1C(=O)NCCCCN. The molecular formula is C18H29N3O4S. The number of rotatable bonds is 8. The second kappa shape index (κ2) is 9.89. The van der Waals surface area contributed by atoms with Crippen LogP contribution in [0.2, 0.25) is 0 Å². The van der Waals surface area contributed by atoms with E-state index in [2.05, 4.69) is 5.32 Å². The number of hydrogen-bond acceptors (Lipinski definition) is 5. The number of nitrogens with two attached hydrogens (primary N) is 1. The third-order valence-corrected chi connectivity index (χ3v) is 6.43. The van der Waals surface area contributed by atoms with E-state index in [0.717, 1.165) is 38.5 Å². The van der Waals surface area contributed by atoms with Crippen LogP contribution in [-0.4, -0.2) is 51.9 Å². The lowest BCUT2D eigenvalue weighted by Gasteiger charge is -2.20. The molecular weight excluding hydrogens is 354 g/mol. The molecule has 0 radical (unpaired) electrons. The van der Waals surface area contributed by atoms with Crippen molar-refractivity contribution in [1.29, 1.82) is 0 Å². The van der Waals surface area contributed by atoms with Crippen molar-refractivity contribution >= 4 is 15.9 Å². The van der Waals surface area contributed by atoms with Gasteiger partial charge in [-0.1, -0.05) is 12.8 Å². The molecule has 26 heavy (non-hydrogen) atoms. The standard InChI is InChI=1S/C18H29N3O4S/c1-25-17-9-8-15(14-16(17)18(22)20-11-5-4-10-19)26(23,24)21-12-6-2-3-7-13-21/h8-9,14H,2-7,10-13,19H2,1H3,(H,20,22). The predicted octanol–water partition coefficient (Wildman–Crippen LogP) is 1.73. The smallest absolute Gasteiger partial charge is 0.255 e. The first-order chi connectivity index (χ1) is 12.5. The number of sulfonamides is 1. The third kappa shape index (κ3) is 5.18. The van der Waals surface area contributed by atoms with Crippen LogP contribution < -0.4 is 15.8 Å². The molecule has 2 rings (SSSR count). The second-order valence-corrected chi connectivity index (χ2v) is 8.37. The Bertz CT molecular complexity index is 698. The van der Waals surface area contributed by atoms with Crippen molar-refractivity contribution in [2.75, 3.05) is 33.3 Å². The van der Waals surface area contributed by atoms with Crippen molar-refractivity contribution in [1.82, 2.24) is 9.62 Å². The zero-order chi connectivity index (χ0) is 19.0. The highest BCUT2D eigenvalue weighted by atomic mass is 32.2. The van der Waals surface area contributed by atoms with Gasteiger partial charge in [-0.25, -0.2) is 8.42 Å². The van der Waals surface area contributed by atoms with E-state index in [1.165, 1.54) is 23.5 Å². The van der Waals surface area contributed by atoms with Crippen LogP contribution in [0.4, 0.5) is 0 Å². The number of carbonyl (C=O) groups is 1. The van der Waals surface area contributed by atoms with E-state index < -0.39 is 10.0 Å². The van der Waals surface area contributed by atoms with Crippen molar-refractivity contribution < 1.29 is 17.9 Å². The summed E-state index contributed by atoms with van der Waals surface area (Å²) in [4.78, 5) is 12.6. The van der Waals surface area contributed by atoms with E-state index in [1.807, 2.05) is 0 Å². The maximum absolute atomic E-state index is 13.0. The van der Waals surface area contributed by atoms with Gasteiger partial charge in [0.05, 0.1) is 17.6 Å². The number of unbranched alkanes of at least 4 members (excludes halogenated alkanes) is 1. The summed E-state index contributed by atoms with van der Waals surface area (Å²) >= 11 is 0. The Kier molecular flexibility index (Phi) is 7.86. The molecule has 1 aromatic carbocycles. The summed E-state index contributed by atoms with van der Waals surface area (Å²) < 4.78 is 32.7. The molecule has 1 aliphatic heterocycles. The predicted molar refractivity (Wildman–Crippen MR) is 101 cm³/mol.